The summed E-state index contributed by atoms with van der Waals surface area (Å²) >= 11 is 4.38. The lowest BCUT2D eigenvalue weighted by Crippen LogP contribution is -2.33. The van der Waals surface area contributed by atoms with Crippen molar-refractivity contribution in [1.29, 1.82) is 0 Å². The van der Waals surface area contributed by atoms with Crippen LogP contribution < -0.4 is 16.0 Å². The fraction of sp³-hybridized carbons (Fsp3) is 0.583. The van der Waals surface area contributed by atoms with Crippen LogP contribution in [0, 0.1) is 38.2 Å². The summed E-state index contributed by atoms with van der Waals surface area (Å²) in [5, 5.41) is 129. The Morgan fingerprint density at radius 3 is 1.06 bits per heavy atom. The highest BCUT2D eigenvalue weighted by atomic mass is 32.2. The predicted molar refractivity (Wildman–Crippen MR) is 398 cm³/mol. The van der Waals surface area contributed by atoms with E-state index in [1.165, 1.54) is 49.3 Å². The first-order valence-corrected chi connectivity index (χ1v) is 38.9. The van der Waals surface area contributed by atoms with Crippen molar-refractivity contribution in [2.45, 2.75) is 224 Å². The highest BCUT2D eigenvalue weighted by Crippen LogP contribution is 2.48. The SMILES string of the molecule is [2H]C([2H])(CO)O[C@H]1C[C@@H](n2nnc3c(N[C@@H]4C[C@H]4c4ccc(C)c(F)c4)nc(SCCC)nc32)[C@H](O)[C@@H]1O.[2H]C([2H])(O)C([2H])([2H])O[C@H]1C[C@@H](n2nnc3c(N[C@@H]4C[C@H]4c4ccc(C)c(F)c4)nc(SCCC)nc32)[C@H](O)[C@@H]1O.[2H]C([2H])(O)CO[C@H]1C[C@@H](n2nnc3c(N[C@@H]4C[C@H]4c4ccc(C)c(F)c4)nc(SCCC)nc32)[C@H](O)[C@@H]1O. The second kappa shape index (κ2) is 35.1. The summed E-state index contributed by atoms with van der Waals surface area (Å²) in [4.78, 5) is 27.8. The molecule has 6 aromatic heterocycles. The number of ether oxygens (including phenoxy) is 3. The van der Waals surface area contributed by atoms with Crippen LogP contribution in [0.2, 0.25) is 0 Å². The van der Waals surface area contributed by atoms with Gasteiger partial charge in [0.1, 0.15) is 54.1 Å². The Bertz CT molecular complexity index is 4980. The molecule has 18 atom stereocenters. The van der Waals surface area contributed by atoms with Gasteiger partial charge in [0.2, 0.25) is 0 Å². The van der Waals surface area contributed by atoms with E-state index in [9.17, 15) is 59.1 Å². The number of hydrogen-bond donors (Lipinski definition) is 12. The number of aromatic nitrogens is 15. The highest BCUT2D eigenvalue weighted by molar-refractivity contribution is 7.99. The number of thioether (sulfide) groups is 3. The van der Waals surface area contributed by atoms with Gasteiger partial charge in [0.05, 0.1) is 86.9 Å². The van der Waals surface area contributed by atoms with E-state index in [-0.39, 0.29) is 78.2 Å². The van der Waals surface area contributed by atoms with Gasteiger partial charge >= 0.3 is 0 Å². The molecule has 108 heavy (non-hydrogen) atoms. The molecule has 15 rings (SSSR count). The molecule has 30 nitrogen and oxygen atoms in total. The number of benzene rings is 3. The van der Waals surface area contributed by atoms with Crippen molar-refractivity contribution in [2.24, 2.45) is 0 Å². The third-order valence-electron chi connectivity index (χ3n) is 20.1. The predicted octanol–water partition coefficient (Wildman–Crippen LogP) is 6.55. The number of rotatable bonds is 30. The van der Waals surface area contributed by atoms with Crippen LogP contribution in [0.4, 0.5) is 30.6 Å². The van der Waals surface area contributed by atoms with Crippen molar-refractivity contribution >= 4 is 86.2 Å². The maximum absolute atomic E-state index is 14.1. The van der Waals surface area contributed by atoms with E-state index >= 15 is 0 Å². The third-order valence-corrected chi connectivity index (χ3v) is 23.2. The van der Waals surface area contributed by atoms with E-state index in [4.69, 9.17) is 25.2 Å². The van der Waals surface area contributed by atoms with Gasteiger partial charge in [-0.05, 0) is 111 Å². The molecule has 0 spiro atoms. The Labute approximate surface area is 644 Å². The molecule has 9 aromatic rings. The lowest BCUT2D eigenvalue weighted by atomic mass is 10.1. The summed E-state index contributed by atoms with van der Waals surface area (Å²) in [6, 6.07) is 13.4. The molecular weight excluding hydrogens is 1460 g/mol. The van der Waals surface area contributed by atoms with Gasteiger partial charge in [-0.1, -0.05) is 108 Å². The molecule has 6 aliphatic carbocycles. The van der Waals surface area contributed by atoms with Crippen LogP contribution in [0.1, 0.15) is 159 Å². The summed E-state index contributed by atoms with van der Waals surface area (Å²) in [6.07, 6.45) is -6.55. The molecule has 0 unspecified atom stereocenters. The molecule has 6 heterocycles. The molecule has 3 aromatic carbocycles. The normalized spacial score (nSPS) is 29.2. The lowest BCUT2D eigenvalue weighted by molar-refractivity contribution is -0.0629. The van der Waals surface area contributed by atoms with Crippen molar-refractivity contribution in [2.75, 3.05) is 72.7 Å². The van der Waals surface area contributed by atoms with Gasteiger partial charge in [-0.2, -0.15) is 0 Å². The minimum Gasteiger partial charge on any atom is -0.394 e. The Balaban J connectivity index is 0.000000151. The molecule has 12 N–H and O–H groups in total. The number of nitrogens with zero attached hydrogens (tertiary/aromatic N) is 15. The van der Waals surface area contributed by atoms with Crippen LogP contribution in [0.3, 0.4) is 0 Å². The number of aliphatic hydroxyl groups is 9. The molecular formula is C72H93F3N18O12S3. The maximum Gasteiger partial charge on any atom is 0.191 e. The van der Waals surface area contributed by atoms with Crippen LogP contribution in [0.25, 0.3) is 33.5 Å². The van der Waals surface area contributed by atoms with Gasteiger partial charge in [0.25, 0.3) is 0 Å². The minimum atomic E-state index is -3.33. The molecule has 0 aliphatic heterocycles. The zero-order valence-electron chi connectivity index (χ0n) is 67.8. The highest BCUT2D eigenvalue weighted by Gasteiger charge is 2.49. The van der Waals surface area contributed by atoms with E-state index < -0.39 is 113 Å². The minimum absolute atomic E-state index is 0.0122. The molecule has 36 heteroatoms. The number of aryl methyl sites for hydroxylation is 3. The summed E-state index contributed by atoms with van der Waals surface area (Å²) < 4.78 is 122. The number of aliphatic hydroxyl groups excluding tert-OH is 7. The van der Waals surface area contributed by atoms with Crippen molar-refractivity contribution < 1.29 is 84.3 Å². The largest absolute Gasteiger partial charge is 0.394 e. The van der Waals surface area contributed by atoms with E-state index in [1.807, 2.05) is 32.0 Å². The van der Waals surface area contributed by atoms with Gasteiger partial charge in [0.15, 0.2) is 66.4 Å². The number of fused-ring (bicyclic) bond motifs is 3. The molecule has 0 amide bonds. The average molecular weight is 1560 g/mol. The quantitative estimate of drug-likeness (QED) is 0.0168. The Morgan fingerprint density at radius 1 is 0.444 bits per heavy atom. The van der Waals surface area contributed by atoms with Crippen LogP contribution in [0.5, 0.6) is 0 Å². The van der Waals surface area contributed by atoms with Crippen LogP contribution in [-0.2, 0) is 14.2 Å². The summed E-state index contributed by atoms with van der Waals surface area (Å²) in [5.74, 6) is 3.39. The zero-order valence-corrected chi connectivity index (χ0v) is 62.3. The third kappa shape index (κ3) is 17.5. The second-order valence-electron chi connectivity index (χ2n) is 27.7. The monoisotopic (exact) mass is 1560 g/mol. The van der Waals surface area contributed by atoms with Gasteiger partial charge < -0.3 is 76.1 Å². The van der Waals surface area contributed by atoms with E-state index in [0.29, 0.717) is 77.5 Å². The fourth-order valence-corrected chi connectivity index (χ4v) is 15.9. The molecule has 0 saturated heterocycles. The second-order valence-corrected chi connectivity index (χ2v) is 30.9. The van der Waals surface area contributed by atoms with Gasteiger partial charge in [-0.3, -0.25) is 0 Å². The zero-order chi connectivity index (χ0) is 83.4. The van der Waals surface area contributed by atoms with Crippen molar-refractivity contribution in [3.63, 3.8) is 0 Å². The first-order chi connectivity index (χ1) is 55.0. The number of anilines is 3. The van der Waals surface area contributed by atoms with Gasteiger partial charge in [-0.25, -0.2) is 57.1 Å². The Morgan fingerprint density at radius 2 is 0.769 bits per heavy atom. The number of halogens is 3. The lowest BCUT2D eigenvalue weighted by Gasteiger charge is -2.17. The first-order valence-electron chi connectivity index (χ1n) is 39.9. The van der Waals surface area contributed by atoms with E-state index in [2.05, 4.69) is 83.7 Å². The molecule has 6 fully saturated rings. The molecule has 582 valence electrons. The molecule has 0 radical (unpaired) electrons. The van der Waals surface area contributed by atoms with Gasteiger partial charge in [0, 0.05) is 72.4 Å². The number of nitrogens with one attached hydrogen (secondary N) is 3. The summed E-state index contributed by atoms with van der Waals surface area (Å²) in [5.41, 5.74) is 6.66. The van der Waals surface area contributed by atoms with Crippen molar-refractivity contribution in [1.82, 2.24) is 74.9 Å². The fourth-order valence-electron chi connectivity index (χ4n) is 13.8. The van der Waals surface area contributed by atoms with Crippen LogP contribution in [0.15, 0.2) is 70.1 Å². The molecule has 6 aliphatic rings. The standard InChI is InChI=1S/3C24H31FN6O4S/c3*1-3-8-36-24-27-22(26-16-10-14(16)13-5-4-12(2)15(25)9-13)19-23(28-24)31(30-29-19)17-11-18(35-7-6-32)21(34)20(17)33/h3*4-5,9,14,16-18,20-21,32-34H,3,6-8,10-11H2,1-2H3,(H,26,27,28)/t3*14-,16+,17+,18-,20-,21+/m000/s1/i6D2,7D2;7D2;6D2. The van der Waals surface area contributed by atoms with E-state index in [0.717, 1.165) is 72.5 Å². The number of hydrogen-bond acceptors (Lipinski definition) is 30. The Kier molecular flexibility index (Phi) is 22.3. The summed E-state index contributed by atoms with van der Waals surface area (Å²) in [6.45, 7) is -1.63. The Hall–Kier alpha value is -7.14. The maximum atomic E-state index is 14.1. The summed E-state index contributed by atoms with van der Waals surface area (Å²) in [7, 11) is 0. The topological polar surface area (TPSA) is 415 Å². The van der Waals surface area contributed by atoms with Gasteiger partial charge in [-0.15, -0.1) is 15.3 Å². The molecule has 0 bridgehead atoms. The average Bonchev–Trinajstić information content (AvgIpc) is 1.61. The molecule has 6 saturated carbocycles. The van der Waals surface area contributed by atoms with Crippen LogP contribution in [-0.4, -0.2) is 251 Å². The van der Waals surface area contributed by atoms with Crippen LogP contribution >= 0.6 is 35.3 Å². The smallest absolute Gasteiger partial charge is 0.191 e. The van der Waals surface area contributed by atoms with Crippen molar-refractivity contribution in [3.8, 4) is 0 Å². The first kappa shape index (κ1) is 68.9. The van der Waals surface area contributed by atoms with Crippen molar-refractivity contribution in [3.05, 3.63) is 105 Å². The van der Waals surface area contributed by atoms with E-state index in [1.54, 1.807) is 57.2 Å².